The van der Waals surface area contributed by atoms with E-state index in [0.29, 0.717) is 11.5 Å². The Morgan fingerprint density at radius 2 is 1.66 bits per heavy atom. The highest BCUT2D eigenvalue weighted by molar-refractivity contribution is 8.00. The number of amides is 1. The molecule has 6 nitrogen and oxygen atoms in total. The van der Waals surface area contributed by atoms with Crippen molar-refractivity contribution in [3.63, 3.8) is 0 Å². The first-order valence-corrected chi connectivity index (χ1v) is 10.1. The highest BCUT2D eigenvalue weighted by Crippen LogP contribution is 2.27. The van der Waals surface area contributed by atoms with Gasteiger partial charge in [-0.25, -0.2) is 0 Å². The second kappa shape index (κ2) is 10.8. The maximum absolute atomic E-state index is 12.3. The second-order valence-corrected chi connectivity index (χ2v) is 7.97. The Labute approximate surface area is 175 Å². The number of carbonyl (C=O) groups is 2. The predicted octanol–water partition coefficient (Wildman–Crippen LogP) is 3.74. The van der Waals surface area contributed by atoms with Crippen LogP contribution >= 0.6 is 11.8 Å². The molecule has 0 aliphatic rings. The molecule has 0 aliphatic carbocycles. The van der Waals surface area contributed by atoms with E-state index in [2.05, 4.69) is 5.32 Å². The van der Waals surface area contributed by atoms with Crippen molar-refractivity contribution >= 4 is 23.6 Å². The molecule has 0 saturated carbocycles. The van der Waals surface area contributed by atoms with Crippen LogP contribution in [0.15, 0.2) is 47.4 Å². The van der Waals surface area contributed by atoms with Gasteiger partial charge >= 0.3 is 5.97 Å². The van der Waals surface area contributed by atoms with E-state index in [-0.39, 0.29) is 12.5 Å². The minimum absolute atomic E-state index is 0.286. The van der Waals surface area contributed by atoms with Gasteiger partial charge in [0, 0.05) is 11.4 Å². The Bertz CT molecular complexity index is 838. The van der Waals surface area contributed by atoms with Crippen LogP contribution in [0.4, 0.5) is 0 Å². The van der Waals surface area contributed by atoms with Crippen LogP contribution in [0.25, 0.3) is 0 Å². The number of methoxy groups -OCH3 is 2. The quantitative estimate of drug-likeness (QED) is 0.495. The zero-order chi connectivity index (χ0) is 21.4. The number of esters is 1. The molecule has 2 atom stereocenters. The molecule has 156 valence electrons. The summed E-state index contributed by atoms with van der Waals surface area (Å²) >= 11 is 1.40. The molecule has 1 N–H and O–H groups in total. The number of nitrogens with one attached hydrogen (secondary N) is 1. The van der Waals surface area contributed by atoms with Gasteiger partial charge in [-0.1, -0.05) is 23.8 Å². The van der Waals surface area contributed by atoms with Gasteiger partial charge in [0.05, 0.1) is 14.2 Å². The Balaban J connectivity index is 1.84. The number of carbonyl (C=O) groups excluding carboxylic acids is 2. The van der Waals surface area contributed by atoms with Crippen molar-refractivity contribution in [1.29, 1.82) is 0 Å². The van der Waals surface area contributed by atoms with Gasteiger partial charge in [-0.3, -0.25) is 9.59 Å². The second-order valence-electron chi connectivity index (χ2n) is 6.56. The first kappa shape index (κ1) is 22.6. The molecule has 0 heterocycles. The van der Waals surface area contributed by atoms with Crippen LogP contribution in [0.1, 0.15) is 25.0 Å². The van der Waals surface area contributed by atoms with Gasteiger partial charge in [-0.2, -0.15) is 0 Å². The standard InChI is InChI=1S/C22H27NO5S/c1-14-6-9-18(10-7-14)29-16(3)22(25)28-15(2)21(24)23-13-17-8-11-19(26-4)20(12-17)27-5/h6-12,15-16H,13H2,1-5H3,(H,23,24)/t15-,16-/m0/s1. The SMILES string of the molecule is COc1ccc(CNC(=O)[C@H](C)OC(=O)[C@H](C)Sc2ccc(C)cc2)cc1OC. The lowest BCUT2D eigenvalue weighted by Gasteiger charge is -2.17. The summed E-state index contributed by atoms with van der Waals surface area (Å²) in [5.41, 5.74) is 2.00. The number of thioether (sulfide) groups is 1. The highest BCUT2D eigenvalue weighted by atomic mass is 32.2. The summed E-state index contributed by atoms with van der Waals surface area (Å²) < 4.78 is 15.8. The molecule has 0 unspecified atom stereocenters. The lowest BCUT2D eigenvalue weighted by Crippen LogP contribution is -2.36. The molecule has 2 rings (SSSR count). The number of aryl methyl sites for hydroxylation is 1. The number of hydrogen-bond acceptors (Lipinski definition) is 6. The fraction of sp³-hybridized carbons (Fsp3) is 0.364. The third-order valence-electron chi connectivity index (χ3n) is 4.24. The van der Waals surface area contributed by atoms with E-state index >= 15 is 0 Å². The average molecular weight is 418 g/mol. The van der Waals surface area contributed by atoms with E-state index in [9.17, 15) is 9.59 Å². The number of hydrogen-bond donors (Lipinski definition) is 1. The fourth-order valence-corrected chi connectivity index (χ4v) is 3.37. The zero-order valence-electron chi connectivity index (χ0n) is 17.4. The van der Waals surface area contributed by atoms with Crippen molar-refractivity contribution in [2.24, 2.45) is 0 Å². The van der Waals surface area contributed by atoms with E-state index in [1.165, 1.54) is 11.8 Å². The van der Waals surface area contributed by atoms with Gasteiger partial charge in [0.15, 0.2) is 17.6 Å². The molecule has 2 aromatic carbocycles. The van der Waals surface area contributed by atoms with Crippen LogP contribution < -0.4 is 14.8 Å². The van der Waals surface area contributed by atoms with Crippen LogP contribution in [0.3, 0.4) is 0 Å². The molecule has 0 aromatic heterocycles. The molecule has 29 heavy (non-hydrogen) atoms. The Kier molecular flexibility index (Phi) is 8.39. The summed E-state index contributed by atoms with van der Waals surface area (Å²) in [6, 6.07) is 13.3. The van der Waals surface area contributed by atoms with Crippen LogP contribution in [-0.4, -0.2) is 37.4 Å². The van der Waals surface area contributed by atoms with Gasteiger partial charge in [0.25, 0.3) is 5.91 Å². The summed E-state index contributed by atoms with van der Waals surface area (Å²) in [5.74, 6) is 0.413. The van der Waals surface area contributed by atoms with Crippen molar-refractivity contribution in [3.8, 4) is 11.5 Å². The maximum Gasteiger partial charge on any atom is 0.319 e. The van der Waals surface area contributed by atoms with E-state index < -0.39 is 17.3 Å². The number of benzene rings is 2. The predicted molar refractivity (Wildman–Crippen MR) is 113 cm³/mol. The lowest BCUT2D eigenvalue weighted by molar-refractivity contribution is -0.154. The fourth-order valence-electron chi connectivity index (χ4n) is 2.52. The van der Waals surface area contributed by atoms with Gasteiger partial charge in [0.2, 0.25) is 0 Å². The minimum Gasteiger partial charge on any atom is -0.493 e. The average Bonchev–Trinajstić information content (AvgIpc) is 2.73. The van der Waals surface area contributed by atoms with Gasteiger partial charge in [-0.05, 0) is 50.6 Å². The molecule has 7 heteroatoms. The van der Waals surface area contributed by atoms with E-state index in [1.807, 2.05) is 37.3 Å². The topological polar surface area (TPSA) is 73.9 Å². The molecule has 0 fully saturated rings. The zero-order valence-corrected chi connectivity index (χ0v) is 18.2. The van der Waals surface area contributed by atoms with Gasteiger partial charge in [-0.15, -0.1) is 11.8 Å². The minimum atomic E-state index is -0.885. The smallest absolute Gasteiger partial charge is 0.319 e. The molecule has 1 amide bonds. The molecule has 0 saturated heterocycles. The number of rotatable bonds is 9. The molecule has 0 bridgehead atoms. The van der Waals surface area contributed by atoms with Crippen molar-refractivity contribution in [2.45, 2.75) is 43.6 Å². The summed E-state index contributed by atoms with van der Waals surface area (Å²) in [4.78, 5) is 25.6. The lowest BCUT2D eigenvalue weighted by atomic mass is 10.2. The Morgan fingerprint density at radius 3 is 2.28 bits per heavy atom. The van der Waals surface area contributed by atoms with Crippen molar-refractivity contribution in [3.05, 3.63) is 53.6 Å². The summed E-state index contributed by atoms with van der Waals surface area (Å²) in [7, 11) is 3.12. The first-order chi connectivity index (χ1) is 13.8. The van der Waals surface area contributed by atoms with Crippen LogP contribution in [0.5, 0.6) is 11.5 Å². The Hall–Kier alpha value is -2.67. The molecule has 0 radical (unpaired) electrons. The summed E-state index contributed by atoms with van der Waals surface area (Å²) in [6.07, 6.45) is -0.885. The van der Waals surface area contributed by atoms with Gasteiger partial charge < -0.3 is 19.5 Å². The van der Waals surface area contributed by atoms with E-state index in [1.54, 1.807) is 40.2 Å². The summed E-state index contributed by atoms with van der Waals surface area (Å²) in [6.45, 7) is 5.62. The summed E-state index contributed by atoms with van der Waals surface area (Å²) in [5, 5.41) is 2.35. The van der Waals surface area contributed by atoms with Crippen LogP contribution in [0.2, 0.25) is 0 Å². The van der Waals surface area contributed by atoms with E-state index in [0.717, 1.165) is 16.0 Å². The van der Waals surface area contributed by atoms with Crippen molar-refractivity contribution < 1.29 is 23.8 Å². The molecular formula is C22H27NO5S. The maximum atomic E-state index is 12.3. The third-order valence-corrected chi connectivity index (χ3v) is 5.33. The van der Waals surface area contributed by atoms with Crippen LogP contribution in [-0.2, 0) is 20.9 Å². The molecular weight excluding hydrogens is 390 g/mol. The molecule has 2 aromatic rings. The third kappa shape index (κ3) is 6.71. The normalized spacial score (nSPS) is 12.6. The molecule has 0 aliphatic heterocycles. The van der Waals surface area contributed by atoms with E-state index in [4.69, 9.17) is 14.2 Å². The Morgan fingerprint density at radius 1 is 1.00 bits per heavy atom. The monoisotopic (exact) mass is 417 g/mol. The van der Waals surface area contributed by atoms with Crippen LogP contribution in [0, 0.1) is 6.92 Å². The number of ether oxygens (including phenoxy) is 3. The van der Waals surface area contributed by atoms with Gasteiger partial charge in [0.1, 0.15) is 5.25 Å². The molecule has 0 spiro atoms. The highest BCUT2D eigenvalue weighted by Gasteiger charge is 2.22. The largest absolute Gasteiger partial charge is 0.493 e. The van der Waals surface area contributed by atoms with Crippen molar-refractivity contribution in [2.75, 3.05) is 14.2 Å². The van der Waals surface area contributed by atoms with Crippen molar-refractivity contribution in [1.82, 2.24) is 5.32 Å². The first-order valence-electron chi connectivity index (χ1n) is 9.26.